The Bertz CT molecular complexity index is 972. The van der Waals surface area contributed by atoms with E-state index >= 15 is 0 Å². The van der Waals surface area contributed by atoms with Gasteiger partial charge in [-0.2, -0.15) is 21.9 Å². The summed E-state index contributed by atoms with van der Waals surface area (Å²) in [6, 6.07) is 8.78. The Morgan fingerprint density at radius 2 is 1.88 bits per heavy atom. The fourth-order valence-corrected chi connectivity index (χ4v) is 2.68. The van der Waals surface area contributed by atoms with Crippen molar-refractivity contribution in [1.82, 2.24) is 8.75 Å². The van der Waals surface area contributed by atoms with Gasteiger partial charge in [-0.15, -0.1) is 0 Å². The molecular weight excluding hydrogens is 371 g/mol. The molecule has 0 aliphatic rings. The zero-order valence-corrected chi connectivity index (χ0v) is 13.7. The Morgan fingerprint density at radius 3 is 2.65 bits per heavy atom. The molecule has 0 fully saturated rings. The summed E-state index contributed by atoms with van der Waals surface area (Å²) in [7, 11) is 0. The Hall–Kier alpha value is -3.01. The van der Waals surface area contributed by atoms with Gasteiger partial charge >= 0.3 is 12.1 Å². The molecule has 6 nitrogen and oxygen atoms in total. The van der Waals surface area contributed by atoms with Crippen molar-refractivity contribution in [3.8, 4) is 0 Å². The number of carbonyl (C=O) groups excluding carboxylic acids is 2. The van der Waals surface area contributed by atoms with E-state index in [1.54, 1.807) is 18.2 Å². The molecule has 1 aromatic heterocycles. The molecule has 0 bridgehead atoms. The summed E-state index contributed by atoms with van der Waals surface area (Å²) in [6.45, 7) is -0.650. The monoisotopic (exact) mass is 381 g/mol. The first-order chi connectivity index (χ1) is 12.3. The van der Waals surface area contributed by atoms with Crippen LogP contribution in [0, 0.1) is 0 Å². The first-order valence-corrected chi connectivity index (χ1v) is 7.93. The number of halogens is 3. The number of anilines is 1. The van der Waals surface area contributed by atoms with Crippen molar-refractivity contribution < 1.29 is 27.5 Å². The van der Waals surface area contributed by atoms with Gasteiger partial charge < -0.3 is 10.1 Å². The van der Waals surface area contributed by atoms with Gasteiger partial charge in [-0.05, 0) is 30.3 Å². The summed E-state index contributed by atoms with van der Waals surface area (Å²) in [5.74, 6) is -1.68. The van der Waals surface area contributed by atoms with Crippen LogP contribution in [-0.4, -0.2) is 27.2 Å². The third kappa shape index (κ3) is 3.97. The molecule has 1 N–H and O–H groups in total. The number of hydrogen-bond acceptors (Lipinski definition) is 6. The Kier molecular flexibility index (Phi) is 4.85. The van der Waals surface area contributed by atoms with E-state index < -0.39 is 30.2 Å². The van der Waals surface area contributed by atoms with Crippen LogP contribution in [0.15, 0.2) is 42.5 Å². The normalized spacial score (nSPS) is 11.3. The van der Waals surface area contributed by atoms with E-state index in [-0.39, 0.29) is 5.56 Å². The van der Waals surface area contributed by atoms with Crippen LogP contribution in [-0.2, 0) is 15.7 Å². The standard InChI is InChI=1S/C16H10F3N3O3S/c17-16(18,19)10-4-1-3-9(7-10)15(24)25-8-13(23)20-11-5-2-6-12-14(11)22-26-21-12/h1-7H,8H2,(H,20,23). The van der Waals surface area contributed by atoms with Gasteiger partial charge in [0.2, 0.25) is 0 Å². The van der Waals surface area contributed by atoms with Gasteiger partial charge in [0.15, 0.2) is 6.61 Å². The molecule has 26 heavy (non-hydrogen) atoms. The number of rotatable bonds is 4. The molecule has 1 amide bonds. The van der Waals surface area contributed by atoms with Crippen LogP contribution in [0.1, 0.15) is 15.9 Å². The molecule has 1 heterocycles. The second-order valence-corrected chi connectivity index (χ2v) is 5.67. The molecule has 0 atom stereocenters. The first kappa shape index (κ1) is 17.8. The third-order valence-corrected chi connectivity index (χ3v) is 3.86. The van der Waals surface area contributed by atoms with Gasteiger partial charge in [-0.1, -0.05) is 12.1 Å². The average molecular weight is 381 g/mol. The van der Waals surface area contributed by atoms with E-state index in [2.05, 4.69) is 14.1 Å². The molecular formula is C16H10F3N3O3S. The third-order valence-electron chi connectivity index (χ3n) is 3.32. The lowest BCUT2D eigenvalue weighted by molar-refractivity contribution is -0.137. The van der Waals surface area contributed by atoms with Gasteiger partial charge in [0.1, 0.15) is 11.0 Å². The second kappa shape index (κ2) is 7.08. The van der Waals surface area contributed by atoms with Gasteiger partial charge in [-0.25, -0.2) is 4.79 Å². The summed E-state index contributed by atoms with van der Waals surface area (Å²) < 4.78 is 50.8. The molecule has 0 unspecified atom stereocenters. The molecule has 0 spiro atoms. The van der Waals surface area contributed by atoms with Gasteiger partial charge in [0.25, 0.3) is 5.91 Å². The van der Waals surface area contributed by atoms with Crippen LogP contribution >= 0.6 is 11.7 Å². The van der Waals surface area contributed by atoms with E-state index in [1.807, 2.05) is 0 Å². The molecule has 0 aliphatic carbocycles. The van der Waals surface area contributed by atoms with Gasteiger partial charge in [-0.3, -0.25) is 4.79 Å². The maximum absolute atomic E-state index is 12.7. The SMILES string of the molecule is O=C(COC(=O)c1cccc(C(F)(F)F)c1)Nc1cccc2nsnc12. The van der Waals surface area contributed by atoms with E-state index in [0.717, 1.165) is 23.9 Å². The topological polar surface area (TPSA) is 81.2 Å². The number of aromatic nitrogens is 2. The van der Waals surface area contributed by atoms with E-state index in [0.29, 0.717) is 22.8 Å². The summed E-state index contributed by atoms with van der Waals surface area (Å²) in [5, 5.41) is 2.52. The molecule has 3 rings (SSSR count). The lowest BCUT2D eigenvalue weighted by atomic mass is 10.1. The van der Waals surface area contributed by atoms with Crippen molar-refractivity contribution in [3.63, 3.8) is 0 Å². The molecule has 0 saturated heterocycles. The predicted molar refractivity (Wildman–Crippen MR) is 87.8 cm³/mol. The Morgan fingerprint density at radius 1 is 1.12 bits per heavy atom. The zero-order valence-electron chi connectivity index (χ0n) is 12.9. The molecule has 2 aromatic carbocycles. The number of benzene rings is 2. The summed E-state index contributed by atoms with van der Waals surface area (Å²) in [5.41, 5.74) is 0.234. The van der Waals surface area contributed by atoms with Gasteiger partial charge in [0, 0.05) is 0 Å². The van der Waals surface area contributed by atoms with Crippen LogP contribution in [0.25, 0.3) is 11.0 Å². The quantitative estimate of drug-likeness (QED) is 0.700. The molecule has 10 heteroatoms. The zero-order chi connectivity index (χ0) is 18.7. The van der Waals surface area contributed by atoms with Crippen molar-refractivity contribution in [1.29, 1.82) is 0 Å². The number of nitrogens with zero attached hydrogens (tertiary/aromatic N) is 2. The smallest absolute Gasteiger partial charge is 0.416 e. The molecule has 0 radical (unpaired) electrons. The van der Waals surface area contributed by atoms with Crippen molar-refractivity contribution >= 4 is 40.3 Å². The number of carbonyl (C=O) groups is 2. The van der Waals surface area contributed by atoms with E-state index in [1.165, 1.54) is 6.07 Å². The highest BCUT2D eigenvalue weighted by molar-refractivity contribution is 7.00. The fraction of sp³-hybridized carbons (Fsp3) is 0.125. The van der Waals surface area contributed by atoms with Crippen molar-refractivity contribution in [2.24, 2.45) is 0 Å². The molecule has 134 valence electrons. The first-order valence-electron chi connectivity index (χ1n) is 7.20. The minimum absolute atomic E-state index is 0.293. The highest BCUT2D eigenvalue weighted by Gasteiger charge is 2.31. The molecule has 0 aliphatic heterocycles. The minimum atomic E-state index is -4.58. The fourth-order valence-electron chi connectivity index (χ4n) is 2.13. The van der Waals surface area contributed by atoms with Crippen LogP contribution in [0.4, 0.5) is 18.9 Å². The number of hydrogen-bond donors (Lipinski definition) is 1. The highest BCUT2D eigenvalue weighted by atomic mass is 32.1. The highest BCUT2D eigenvalue weighted by Crippen LogP contribution is 2.29. The van der Waals surface area contributed by atoms with Crippen LogP contribution < -0.4 is 5.32 Å². The largest absolute Gasteiger partial charge is 0.452 e. The minimum Gasteiger partial charge on any atom is -0.452 e. The lowest BCUT2D eigenvalue weighted by Gasteiger charge is -2.09. The van der Waals surface area contributed by atoms with Crippen molar-refractivity contribution in [3.05, 3.63) is 53.6 Å². The summed E-state index contributed by atoms with van der Waals surface area (Å²) in [6.07, 6.45) is -4.58. The number of alkyl halides is 3. The summed E-state index contributed by atoms with van der Waals surface area (Å²) in [4.78, 5) is 23.8. The van der Waals surface area contributed by atoms with Crippen molar-refractivity contribution in [2.75, 3.05) is 11.9 Å². The van der Waals surface area contributed by atoms with Crippen molar-refractivity contribution in [2.45, 2.75) is 6.18 Å². The number of esters is 1. The Balaban J connectivity index is 1.63. The van der Waals surface area contributed by atoms with Crippen LogP contribution in [0.5, 0.6) is 0 Å². The van der Waals surface area contributed by atoms with Gasteiger partial charge in [0.05, 0.1) is 28.5 Å². The lowest BCUT2D eigenvalue weighted by Crippen LogP contribution is -2.21. The Labute approximate surface area is 148 Å². The predicted octanol–water partition coefficient (Wildman–Crippen LogP) is 3.51. The number of fused-ring (bicyclic) bond motifs is 1. The number of ether oxygens (including phenoxy) is 1. The van der Waals surface area contributed by atoms with E-state index in [4.69, 9.17) is 4.74 Å². The second-order valence-electron chi connectivity index (χ2n) is 5.14. The molecule has 3 aromatic rings. The number of amides is 1. The average Bonchev–Trinajstić information content (AvgIpc) is 3.09. The van der Waals surface area contributed by atoms with E-state index in [9.17, 15) is 22.8 Å². The maximum atomic E-state index is 12.7. The maximum Gasteiger partial charge on any atom is 0.416 e. The summed E-state index contributed by atoms with van der Waals surface area (Å²) >= 11 is 0.984. The number of nitrogens with one attached hydrogen (secondary N) is 1. The molecule has 0 saturated carbocycles. The van der Waals surface area contributed by atoms with Crippen LogP contribution in [0.2, 0.25) is 0 Å². The van der Waals surface area contributed by atoms with Crippen LogP contribution in [0.3, 0.4) is 0 Å².